The van der Waals surface area contributed by atoms with Gasteiger partial charge in [-0.15, -0.1) is 24.0 Å². The molecule has 0 fully saturated rings. The maximum atomic E-state index is 12.9. The van der Waals surface area contributed by atoms with E-state index in [4.69, 9.17) is 4.74 Å². The number of ether oxygens (including phenoxy) is 1. The maximum Gasteiger partial charge on any atom is 0.191 e. The fraction of sp³-hybridized carbons (Fsp3) is 0.381. The summed E-state index contributed by atoms with van der Waals surface area (Å²) in [6, 6.07) is 14.9. The summed E-state index contributed by atoms with van der Waals surface area (Å²) in [7, 11) is 1.75. The number of rotatable bonds is 8. The highest BCUT2D eigenvalue weighted by Crippen LogP contribution is 2.08. The SMILES string of the molecule is CN=C(NCCc1ccc(F)cc1)NCc1cccc(COC(C)C)c1.I. The molecule has 0 aliphatic heterocycles. The van der Waals surface area contributed by atoms with Gasteiger partial charge in [-0.05, 0) is 49.1 Å². The molecule has 6 heteroatoms. The summed E-state index contributed by atoms with van der Waals surface area (Å²) in [5.74, 6) is 0.538. The fourth-order valence-electron chi connectivity index (χ4n) is 2.48. The first-order chi connectivity index (χ1) is 12.6. The summed E-state index contributed by atoms with van der Waals surface area (Å²) in [5, 5.41) is 6.59. The van der Waals surface area contributed by atoms with Gasteiger partial charge in [0.1, 0.15) is 5.82 Å². The molecule has 0 spiro atoms. The quantitative estimate of drug-likeness (QED) is 0.334. The topological polar surface area (TPSA) is 45.7 Å². The van der Waals surface area contributed by atoms with Crippen molar-refractivity contribution in [1.29, 1.82) is 0 Å². The highest BCUT2D eigenvalue weighted by Gasteiger charge is 2.02. The van der Waals surface area contributed by atoms with E-state index in [9.17, 15) is 4.39 Å². The molecule has 0 saturated carbocycles. The minimum atomic E-state index is -0.208. The minimum absolute atomic E-state index is 0. The van der Waals surface area contributed by atoms with E-state index in [2.05, 4.69) is 33.8 Å². The van der Waals surface area contributed by atoms with Crippen LogP contribution in [0.25, 0.3) is 0 Å². The molecular formula is C21H29FIN3O. The van der Waals surface area contributed by atoms with Crippen molar-refractivity contribution < 1.29 is 9.13 Å². The lowest BCUT2D eigenvalue weighted by molar-refractivity contribution is 0.0657. The highest BCUT2D eigenvalue weighted by atomic mass is 127. The molecule has 0 amide bonds. The second-order valence-corrected chi connectivity index (χ2v) is 6.41. The molecule has 2 N–H and O–H groups in total. The maximum absolute atomic E-state index is 12.9. The van der Waals surface area contributed by atoms with Crippen LogP contribution >= 0.6 is 24.0 Å². The van der Waals surface area contributed by atoms with Gasteiger partial charge in [-0.2, -0.15) is 0 Å². The molecule has 2 aromatic carbocycles. The van der Waals surface area contributed by atoms with E-state index in [1.54, 1.807) is 19.2 Å². The van der Waals surface area contributed by atoms with Gasteiger partial charge in [0.05, 0.1) is 12.7 Å². The summed E-state index contributed by atoms with van der Waals surface area (Å²) in [5.41, 5.74) is 3.43. The van der Waals surface area contributed by atoms with Crippen LogP contribution in [0, 0.1) is 5.82 Å². The summed E-state index contributed by atoms with van der Waals surface area (Å²) in [4.78, 5) is 4.24. The monoisotopic (exact) mass is 485 g/mol. The molecule has 0 unspecified atom stereocenters. The van der Waals surface area contributed by atoms with Gasteiger partial charge in [-0.3, -0.25) is 4.99 Å². The molecular weight excluding hydrogens is 456 g/mol. The predicted molar refractivity (Wildman–Crippen MR) is 120 cm³/mol. The molecule has 0 saturated heterocycles. The number of guanidine groups is 1. The Bertz CT molecular complexity index is 705. The molecule has 0 bridgehead atoms. The number of hydrogen-bond acceptors (Lipinski definition) is 2. The summed E-state index contributed by atoms with van der Waals surface area (Å²) in [6.07, 6.45) is 1.03. The molecule has 0 aromatic heterocycles. The van der Waals surface area contributed by atoms with E-state index in [1.807, 2.05) is 19.9 Å². The number of aliphatic imine (C=N–C) groups is 1. The number of hydrogen-bond donors (Lipinski definition) is 2. The van der Waals surface area contributed by atoms with Crippen LogP contribution in [-0.4, -0.2) is 25.7 Å². The number of halogens is 2. The van der Waals surface area contributed by atoms with Crippen LogP contribution in [0.1, 0.15) is 30.5 Å². The Morgan fingerprint density at radius 3 is 2.41 bits per heavy atom. The average molecular weight is 485 g/mol. The molecule has 0 aliphatic carbocycles. The van der Waals surface area contributed by atoms with E-state index in [-0.39, 0.29) is 35.9 Å². The summed E-state index contributed by atoms with van der Waals surface area (Å²) < 4.78 is 18.6. The van der Waals surface area contributed by atoms with Gasteiger partial charge in [-0.25, -0.2) is 4.39 Å². The molecule has 27 heavy (non-hydrogen) atoms. The van der Waals surface area contributed by atoms with Crippen molar-refractivity contribution >= 4 is 29.9 Å². The van der Waals surface area contributed by atoms with Crippen molar-refractivity contribution in [2.24, 2.45) is 4.99 Å². The van der Waals surface area contributed by atoms with Crippen LogP contribution in [-0.2, 0) is 24.3 Å². The van der Waals surface area contributed by atoms with E-state index in [0.29, 0.717) is 13.2 Å². The second kappa shape index (κ2) is 12.7. The number of nitrogens with one attached hydrogen (secondary N) is 2. The Balaban J connectivity index is 0.00000364. The van der Waals surface area contributed by atoms with Crippen molar-refractivity contribution in [3.8, 4) is 0 Å². The van der Waals surface area contributed by atoms with Crippen molar-refractivity contribution in [1.82, 2.24) is 10.6 Å². The first-order valence-electron chi connectivity index (χ1n) is 8.95. The largest absolute Gasteiger partial charge is 0.374 e. The molecule has 2 rings (SSSR count). The Hall–Kier alpha value is -1.67. The van der Waals surface area contributed by atoms with Gasteiger partial charge >= 0.3 is 0 Å². The van der Waals surface area contributed by atoms with Gasteiger partial charge in [0.25, 0.3) is 0 Å². The van der Waals surface area contributed by atoms with Crippen LogP contribution in [0.2, 0.25) is 0 Å². The van der Waals surface area contributed by atoms with Crippen LogP contribution < -0.4 is 10.6 Å². The highest BCUT2D eigenvalue weighted by molar-refractivity contribution is 14.0. The van der Waals surface area contributed by atoms with Gasteiger partial charge in [0, 0.05) is 20.1 Å². The predicted octanol–water partition coefficient (Wildman–Crippen LogP) is 4.28. The third-order valence-corrected chi connectivity index (χ3v) is 3.88. The molecule has 2 aromatic rings. The molecule has 148 valence electrons. The van der Waals surface area contributed by atoms with Crippen LogP contribution in [0.15, 0.2) is 53.5 Å². The lowest BCUT2D eigenvalue weighted by Gasteiger charge is -2.13. The lowest BCUT2D eigenvalue weighted by Crippen LogP contribution is -2.37. The first-order valence-corrected chi connectivity index (χ1v) is 8.95. The summed E-state index contributed by atoms with van der Waals surface area (Å²) >= 11 is 0. The standard InChI is InChI=1S/C21H28FN3O.HI/c1-16(2)26-15-19-6-4-5-18(13-19)14-25-21(23-3)24-12-11-17-7-9-20(22)10-8-17;/h4-10,13,16H,11-12,14-15H2,1-3H3,(H2,23,24,25);1H. The lowest BCUT2D eigenvalue weighted by atomic mass is 10.1. The minimum Gasteiger partial charge on any atom is -0.374 e. The zero-order chi connectivity index (χ0) is 18.8. The zero-order valence-electron chi connectivity index (χ0n) is 16.2. The average Bonchev–Trinajstić information content (AvgIpc) is 2.64. The van der Waals surface area contributed by atoms with Gasteiger partial charge in [0.15, 0.2) is 5.96 Å². The number of benzene rings is 2. The molecule has 0 aliphatic rings. The van der Waals surface area contributed by atoms with Crippen LogP contribution in [0.5, 0.6) is 0 Å². The Morgan fingerprint density at radius 1 is 1.04 bits per heavy atom. The van der Waals surface area contributed by atoms with Crippen molar-refractivity contribution in [2.45, 2.75) is 39.5 Å². The van der Waals surface area contributed by atoms with Gasteiger partial charge in [0.2, 0.25) is 0 Å². The third-order valence-electron chi connectivity index (χ3n) is 3.88. The Morgan fingerprint density at radius 2 is 1.74 bits per heavy atom. The second-order valence-electron chi connectivity index (χ2n) is 6.41. The first kappa shape index (κ1) is 23.4. The van der Waals surface area contributed by atoms with E-state index >= 15 is 0 Å². The molecule has 0 radical (unpaired) electrons. The fourth-order valence-corrected chi connectivity index (χ4v) is 2.48. The number of nitrogens with zero attached hydrogens (tertiary/aromatic N) is 1. The smallest absolute Gasteiger partial charge is 0.191 e. The van der Waals surface area contributed by atoms with Crippen LogP contribution in [0.4, 0.5) is 4.39 Å². The Labute approximate surface area is 178 Å². The van der Waals surface area contributed by atoms with Crippen molar-refractivity contribution in [3.05, 3.63) is 71.0 Å². The van der Waals surface area contributed by atoms with E-state index < -0.39 is 0 Å². The molecule has 4 nitrogen and oxygen atoms in total. The Kier molecular flexibility index (Phi) is 11.0. The van der Waals surface area contributed by atoms with E-state index in [1.165, 1.54) is 17.7 Å². The van der Waals surface area contributed by atoms with Gasteiger partial charge < -0.3 is 15.4 Å². The zero-order valence-corrected chi connectivity index (χ0v) is 18.5. The summed E-state index contributed by atoms with van der Waals surface area (Å²) in [6.45, 7) is 6.11. The van der Waals surface area contributed by atoms with Gasteiger partial charge in [-0.1, -0.05) is 36.4 Å². The molecule has 0 atom stereocenters. The van der Waals surface area contributed by atoms with E-state index in [0.717, 1.165) is 30.1 Å². The van der Waals surface area contributed by atoms with Crippen molar-refractivity contribution in [2.75, 3.05) is 13.6 Å². The normalized spacial score (nSPS) is 11.2. The third kappa shape index (κ3) is 9.19. The van der Waals surface area contributed by atoms with Crippen molar-refractivity contribution in [3.63, 3.8) is 0 Å². The molecule has 0 heterocycles. The van der Waals surface area contributed by atoms with Crippen LogP contribution in [0.3, 0.4) is 0 Å².